The molecule has 2 rings (SSSR count). The fourth-order valence-corrected chi connectivity index (χ4v) is 4.23. The Morgan fingerprint density at radius 2 is 1.65 bits per heavy atom. The van der Waals surface area contributed by atoms with E-state index in [0.717, 1.165) is 30.5 Å². The molecule has 1 aromatic carbocycles. The largest absolute Gasteiger partial charge is 0.493 e. The molecular formula is C23H41IN4O3. The molecule has 1 aromatic rings. The van der Waals surface area contributed by atoms with E-state index in [1.165, 1.54) is 32.1 Å². The van der Waals surface area contributed by atoms with E-state index in [4.69, 9.17) is 19.2 Å². The van der Waals surface area contributed by atoms with Crippen molar-refractivity contribution in [1.29, 1.82) is 0 Å². The lowest BCUT2D eigenvalue weighted by Gasteiger charge is -2.35. The summed E-state index contributed by atoms with van der Waals surface area (Å²) in [4.78, 5) is 7.14. The summed E-state index contributed by atoms with van der Waals surface area (Å²) < 4.78 is 16.3. The van der Waals surface area contributed by atoms with E-state index < -0.39 is 0 Å². The number of nitrogens with one attached hydrogen (secondary N) is 2. The van der Waals surface area contributed by atoms with Crippen molar-refractivity contribution in [3.63, 3.8) is 0 Å². The molecule has 0 amide bonds. The van der Waals surface area contributed by atoms with E-state index >= 15 is 0 Å². The number of likely N-dealkylation sites (N-methyl/N-ethyl adjacent to an activating group) is 1. The molecule has 0 aromatic heterocycles. The van der Waals surface area contributed by atoms with Gasteiger partial charge in [-0.25, -0.2) is 4.99 Å². The molecule has 8 heteroatoms. The Bertz CT molecular complexity index is 654. The maximum atomic E-state index is 5.46. The molecule has 1 unspecified atom stereocenters. The van der Waals surface area contributed by atoms with Gasteiger partial charge in [0.25, 0.3) is 0 Å². The molecule has 0 radical (unpaired) electrons. The maximum Gasteiger partial charge on any atom is 0.203 e. The van der Waals surface area contributed by atoms with Gasteiger partial charge in [-0.05, 0) is 57.5 Å². The fraction of sp³-hybridized carbons (Fsp3) is 0.696. The molecule has 1 fully saturated rings. The topological polar surface area (TPSA) is 67.4 Å². The summed E-state index contributed by atoms with van der Waals surface area (Å²) in [5.41, 5.74) is 0.998. The van der Waals surface area contributed by atoms with Crippen LogP contribution in [0.2, 0.25) is 0 Å². The third-order valence-corrected chi connectivity index (χ3v) is 5.82. The Balaban J connectivity index is 0.00000480. The molecule has 1 aliphatic rings. The second-order valence-electron chi connectivity index (χ2n) is 8.04. The lowest BCUT2D eigenvalue weighted by atomic mass is 9.83. The average Bonchev–Trinajstić information content (AvgIpc) is 2.77. The average molecular weight is 549 g/mol. The molecule has 0 bridgehead atoms. The Labute approximate surface area is 205 Å². The van der Waals surface area contributed by atoms with Crippen molar-refractivity contribution in [2.24, 2.45) is 10.9 Å². The minimum atomic E-state index is 0. The van der Waals surface area contributed by atoms with Crippen LogP contribution in [0.5, 0.6) is 17.2 Å². The molecule has 7 nitrogen and oxygen atoms in total. The molecule has 2 N–H and O–H groups in total. The first kappa shape index (κ1) is 27.6. The van der Waals surface area contributed by atoms with Gasteiger partial charge in [-0.15, -0.1) is 24.0 Å². The summed E-state index contributed by atoms with van der Waals surface area (Å²) >= 11 is 0. The van der Waals surface area contributed by atoms with Gasteiger partial charge in [0.1, 0.15) is 0 Å². The summed E-state index contributed by atoms with van der Waals surface area (Å²) in [7, 11) is 9.23. The molecular weight excluding hydrogens is 507 g/mol. The van der Waals surface area contributed by atoms with Crippen LogP contribution in [0, 0.1) is 5.92 Å². The van der Waals surface area contributed by atoms with Gasteiger partial charge in [-0.1, -0.05) is 19.3 Å². The van der Waals surface area contributed by atoms with E-state index in [0.29, 0.717) is 29.8 Å². The van der Waals surface area contributed by atoms with Crippen molar-refractivity contribution in [2.75, 3.05) is 48.5 Å². The maximum absolute atomic E-state index is 5.46. The number of hydrogen-bond donors (Lipinski definition) is 2. The van der Waals surface area contributed by atoms with E-state index in [1.54, 1.807) is 21.3 Å². The minimum absolute atomic E-state index is 0. The van der Waals surface area contributed by atoms with Gasteiger partial charge in [-0.3, -0.25) is 0 Å². The van der Waals surface area contributed by atoms with Crippen molar-refractivity contribution in [1.82, 2.24) is 15.5 Å². The van der Waals surface area contributed by atoms with E-state index in [2.05, 4.69) is 36.6 Å². The van der Waals surface area contributed by atoms with Gasteiger partial charge in [0.05, 0.1) is 27.9 Å². The van der Waals surface area contributed by atoms with Crippen molar-refractivity contribution in [3.05, 3.63) is 17.7 Å². The van der Waals surface area contributed by atoms with Gasteiger partial charge in [-0.2, -0.15) is 0 Å². The van der Waals surface area contributed by atoms with Crippen LogP contribution in [0.15, 0.2) is 17.1 Å². The molecule has 0 spiro atoms. The summed E-state index contributed by atoms with van der Waals surface area (Å²) in [5, 5.41) is 6.92. The van der Waals surface area contributed by atoms with Gasteiger partial charge < -0.3 is 29.7 Å². The first-order valence-electron chi connectivity index (χ1n) is 11.0. The third-order valence-electron chi connectivity index (χ3n) is 5.82. The molecule has 0 heterocycles. The Morgan fingerprint density at radius 3 is 2.13 bits per heavy atom. The molecule has 0 aliphatic heterocycles. The molecule has 1 aliphatic carbocycles. The number of methoxy groups -OCH3 is 3. The highest BCUT2D eigenvalue weighted by Gasteiger charge is 2.25. The van der Waals surface area contributed by atoms with Crippen molar-refractivity contribution < 1.29 is 14.2 Å². The van der Waals surface area contributed by atoms with Crippen LogP contribution in [0.25, 0.3) is 0 Å². The number of nitrogens with zero attached hydrogens (tertiary/aromatic N) is 2. The SMILES string of the molecule is CCNC(=NCc1cc(OC)c(OC)c(OC)c1)NCC(C1CCCCC1)N(C)C.I. The Morgan fingerprint density at radius 1 is 1.03 bits per heavy atom. The second-order valence-corrected chi connectivity index (χ2v) is 8.04. The first-order valence-corrected chi connectivity index (χ1v) is 11.0. The van der Waals surface area contributed by atoms with Crippen LogP contribution in [0.1, 0.15) is 44.6 Å². The van der Waals surface area contributed by atoms with Gasteiger partial charge in [0.15, 0.2) is 17.5 Å². The summed E-state index contributed by atoms with van der Waals surface area (Å²) in [6, 6.07) is 4.40. The van der Waals surface area contributed by atoms with Crippen molar-refractivity contribution in [3.8, 4) is 17.2 Å². The van der Waals surface area contributed by atoms with Gasteiger partial charge in [0.2, 0.25) is 5.75 Å². The lowest BCUT2D eigenvalue weighted by molar-refractivity contribution is 0.171. The van der Waals surface area contributed by atoms with Crippen molar-refractivity contribution >= 4 is 29.9 Å². The van der Waals surface area contributed by atoms with Crippen LogP contribution in [0.4, 0.5) is 0 Å². The number of halogens is 1. The van der Waals surface area contributed by atoms with Crippen molar-refractivity contribution in [2.45, 2.75) is 51.6 Å². The predicted octanol–water partition coefficient (Wildman–Crippen LogP) is 3.90. The number of aliphatic imine (C=N–C) groups is 1. The highest BCUT2D eigenvalue weighted by molar-refractivity contribution is 14.0. The quantitative estimate of drug-likeness (QED) is 0.263. The fourth-order valence-electron chi connectivity index (χ4n) is 4.23. The normalized spacial score (nSPS) is 15.8. The van der Waals surface area contributed by atoms with Crippen LogP contribution in [-0.2, 0) is 6.54 Å². The first-order chi connectivity index (χ1) is 14.5. The zero-order chi connectivity index (χ0) is 21.9. The van der Waals surface area contributed by atoms with E-state index in [9.17, 15) is 0 Å². The molecule has 178 valence electrons. The predicted molar refractivity (Wildman–Crippen MR) is 138 cm³/mol. The van der Waals surface area contributed by atoms with Crippen LogP contribution in [0.3, 0.4) is 0 Å². The third kappa shape index (κ3) is 8.21. The molecule has 31 heavy (non-hydrogen) atoms. The molecule has 1 atom stereocenters. The Hall–Kier alpha value is -1.42. The standard InChI is InChI=1S/C23H40N4O3.HI/c1-7-24-23(26-16-19(27(2)3)18-11-9-8-10-12-18)25-15-17-13-20(28-4)22(30-6)21(14-17)29-5;/h13-14,18-19H,7-12,15-16H2,1-6H3,(H2,24,25,26);1H. The minimum Gasteiger partial charge on any atom is -0.493 e. The number of guanidine groups is 1. The Kier molecular flexibility index (Phi) is 13.0. The molecule has 1 saturated carbocycles. The van der Waals surface area contributed by atoms with Crippen LogP contribution < -0.4 is 24.8 Å². The summed E-state index contributed by atoms with van der Waals surface area (Å²) in [5.74, 6) is 3.46. The number of ether oxygens (including phenoxy) is 3. The van der Waals surface area contributed by atoms with E-state index in [1.807, 2.05) is 12.1 Å². The monoisotopic (exact) mass is 548 g/mol. The zero-order valence-corrected chi connectivity index (χ0v) is 22.3. The van der Waals surface area contributed by atoms with Crippen LogP contribution >= 0.6 is 24.0 Å². The number of hydrogen-bond acceptors (Lipinski definition) is 5. The smallest absolute Gasteiger partial charge is 0.203 e. The second kappa shape index (κ2) is 14.6. The van der Waals surface area contributed by atoms with E-state index in [-0.39, 0.29) is 24.0 Å². The van der Waals surface area contributed by atoms with Crippen LogP contribution in [-0.4, -0.2) is 65.4 Å². The lowest BCUT2D eigenvalue weighted by Crippen LogP contribution is -2.48. The van der Waals surface area contributed by atoms with Gasteiger partial charge >= 0.3 is 0 Å². The highest BCUT2D eigenvalue weighted by Crippen LogP contribution is 2.38. The summed E-state index contributed by atoms with van der Waals surface area (Å²) in [6.45, 7) is 4.30. The number of benzene rings is 1. The molecule has 0 saturated heterocycles. The van der Waals surface area contributed by atoms with Gasteiger partial charge in [0, 0.05) is 19.1 Å². The zero-order valence-electron chi connectivity index (χ0n) is 20.0. The summed E-state index contributed by atoms with van der Waals surface area (Å²) in [6.07, 6.45) is 6.73. The highest BCUT2D eigenvalue weighted by atomic mass is 127. The number of rotatable bonds is 10.